The molecule has 2 aliphatic rings. The molecule has 2 amide bonds. The van der Waals surface area contributed by atoms with Crippen LogP contribution in [0, 0.1) is 5.92 Å². The van der Waals surface area contributed by atoms with Crippen molar-refractivity contribution in [2.45, 2.75) is 38.0 Å². The van der Waals surface area contributed by atoms with Crippen LogP contribution in [0.1, 0.15) is 43.3 Å². The molecule has 1 aliphatic carbocycles. The molecule has 8 heteroatoms. The summed E-state index contributed by atoms with van der Waals surface area (Å²) in [7, 11) is 1.50. The second-order valence-corrected chi connectivity index (χ2v) is 6.48. The van der Waals surface area contributed by atoms with Crippen LogP contribution in [0.3, 0.4) is 0 Å². The van der Waals surface area contributed by atoms with Gasteiger partial charge in [-0.05, 0) is 25.7 Å². The lowest BCUT2D eigenvalue weighted by Crippen LogP contribution is -2.46. The Labute approximate surface area is 140 Å². The number of rotatable bonds is 7. The molecule has 3 rings (SSSR count). The van der Waals surface area contributed by atoms with Gasteiger partial charge in [0.25, 0.3) is 0 Å². The summed E-state index contributed by atoms with van der Waals surface area (Å²) in [5.74, 6) is 1.56. The van der Waals surface area contributed by atoms with Crippen LogP contribution in [0.15, 0.2) is 4.52 Å². The van der Waals surface area contributed by atoms with E-state index in [1.807, 2.05) is 0 Å². The van der Waals surface area contributed by atoms with Gasteiger partial charge in [0.15, 0.2) is 5.82 Å². The lowest BCUT2D eigenvalue weighted by atomic mass is 9.97. The van der Waals surface area contributed by atoms with Crippen molar-refractivity contribution < 1.29 is 18.8 Å². The van der Waals surface area contributed by atoms with Crippen LogP contribution in [-0.2, 0) is 20.7 Å². The average Bonchev–Trinajstić information content (AvgIpc) is 3.34. The number of ether oxygens (including phenoxy) is 1. The Kier molecular flexibility index (Phi) is 5.44. The highest BCUT2D eigenvalue weighted by Crippen LogP contribution is 2.38. The number of hydrogen-bond donors (Lipinski definition) is 1. The van der Waals surface area contributed by atoms with Gasteiger partial charge in [-0.2, -0.15) is 4.98 Å². The Hall–Kier alpha value is -1.96. The lowest BCUT2D eigenvalue weighted by molar-refractivity contribution is -0.138. The molecule has 1 aromatic heterocycles. The molecule has 2 fully saturated rings. The van der Waals surface area contributed by atoms with Crippen LogP contribution in [-0.4, -0.2) is 60.2 Å². The fraction of sp³-hybridized carbons (Fsp3) is 0.750. The standard InChI is InChI=1S/C16H24N4O4/c1-23-10-14(21)20-8-2-3-12(9-20)15(22)17-7-6-13-18-16(24-19-13)11-4-5-11/h11-12H,2-10H2,1H3,(H,17,22). The number of likely N-dealkylation sites (tertiary alicyclic amines) is 1. The zero-order valence-corrected chi connectivity index (χ0v) is 14.0. The smallest absolute Gasteiger partial charge is 0.248 e. The van der Waals surface area contributed by atoms with Crippen LogP contribution >= 0.6 is 0 Å². The van der Waals surface area contributed by atoms with Crippen LogP contribution in [0.25, 0.3) is 0 Å². The van der Waals surface area contributed by atoms with E-state index in [4.69, 9.17) is 9.26 Å². The number of hydrogen-bond acceptors (Lipinski definition) is 6. The number of aromatic nitrogens is 2. The highest BCUT2D eigenvalue weighted by Gasteiger charge is 2.30. The van der Waals surface area contributed by atoms with Gasteiger partial charge < -0.3 is 19.5 Å². The van der Waals surface area contributed by atoms with E-state index < -0.39 is 0 Å². The largest absolute Gasteiger partial charge is 0.375 e. The predicted octanol–water partition coefficient (Wildman–Crippen LogP) is 0.491. The van der Waals surface area contributed by atoms with Gasteiger partial charge in [-0.1, -0.05) is 5.16 Å². The number of nitrogens with one attached hydrogen (secondary N) is 1. The first-order valence-corrected chi connectivity index (χ1v) is 8.54. The minimum atomic E-state index is -0.160. The van der Waals surface area contributed by atoms with Crippen molar-refractivity contribution >= 4 is 11.8 Å². The SMILES string of the molecule is COCC(=O)N1CCCC(C(=O)NCCc2noc(C3CC3)n2)C1. The number of carbonyl (C=O) groups excluding carboxylic acids is 2. The molecule has 0 aromatic carbocycles. The third kappa shape index (κ3) is 4.31. The first kappa shape index (κ1) is 16.9. The minimum absolute atomic E-state index is 0.0178. The predicted molar refractivity (Wildman–Crippen MR) is 84.2 cm³/mol. The van der Waals surface area contributed by atoms with Crippen LogP contribution < -0.4 is 5.32 Å². The van der Waals surface area contributed by atoms with Gasteiger partial charge in [0, 0.05) is 39.1 Å². The van der Waals surface area contributed by atoms with E-state index in [1.165, 1.54) is 7.11 Å². The number of nitrogens with zero attached hydrogens (tertiary/aromatic N) is 3. The fourth-order valence-corrected chi connectivity index (χ4v) is 2.94. The Balaban J connectivity index is 1.41. The molecule has 1 atom stereocenters. The summed E-state index contributed by atoms with van der Waals surface area (Å²) < 4.78 is 10.1. The number of carbonyl (C=O) groups is 2. The maximum atomic E-state index is 12.3. The van der Waals surface area contributed by atoms with Crippen LogP contribution in [0.5, 0.6) is 0 Å². The molecular weight excluding hydrogens is 312 g/mol. The summed E-state index contributed by atoms with van der Waals surface area (Å²) in [4.78, 5) is 30.2. The Morgan fingerprint density at radius 2 is 2.21 bits per heavy atom. The van der Waals surface area contributed by atoms with Crippen molar-refractivity contribution in [1.82, 2.24) is 20.4 Å². The molecule has 0 radical (unpaired) electrons. The summed E-state index contributed by atoms with van der Waals surface area (Å²) in [6.07, 6.45) is 4.44. The zero-order valence-electron chi connectivity index (χ0n) is 14.0. The topological polar surface area (TPSA) is 97.6 Å². The molecule has 1 aromatic rings. The van der Waals surface area contributed by atoms with E-state index >= 15 is 0 Å². The summed E-state index contributed by atoms with van der Waals surface area (Å²) in [6.45, 7) is 1.70. The van der Waals surface area contributed by atoms with Crippen molar-refractivity contribution in [3.8, 4) is 0 Å². The quantitative estimate of drug-likeness (QED) is 0.778. The second kappa shape index (κ2) is 7.74. The lowest BCUT2D eigenvalue weighted by Gasteiger charge is -2.31. The maximum Gasteiger partial charge on any atom is 0.248 e. The Morgan fingerprint density at radius 3 is 2.96 bits per heavy atom. The summed E-state index contributed by atoms with van der Waals surface area (Å²) in [5.41, 5.74) is 0. The molecule has 1 saturated heterocycles. The molecule has 24 heavy (non-hydrogen) atoms. The molecule has 1 saturated carbocycles. The zero-order chi connectivity index (χ0) is 16.9. The average molecular weight is 336 g/mol. The van der Waals surface area contributed by atoms with Gasteiger partial charge in [-0.25, -0.2) is 0 Å². The molecule has 0 spiro atoms. The van der Waals surface area contributed by atoms with Crippen LogP contribution in [0.2, 0.25) is 0 Å². The van der Waals surface area contributed by atoms with E-state index in [-0.39, 0.29) is 24.3 Å². The molecule has 132 valence electrons. The second-order valence-electron chi connectivity index (χ2n) is 6.48. The third-order valence-electron chi connectivity index (χ3n) is 4.47. The van der Waals surface area contributed by atoms with E-state index in [9.17, 15) is 9.59 Å². The minimum Gasteiger partial charge on any atom is -0.375 e. The highest BCUT2D eigenvalue weighted by atomic mass is 16.5. The number of piperidine rings is 1. The van der Waals surface area contributed by atoms with Crippen molar-refractivity contribution in [1.29, 1.82) is 0 Å². The highest BCUT2D eigenvalue weighted by molar-refractivity contribution is 5.81. The van der Waals surface area contributed by atoms with Crippen LogP contribution in [0.4, 0.5) is 0 Å². The van der Waals surface area contributed by atoms with E-state index in [2.05, 4.69) is 15.5 Å². The molecule has 0 bridgehead atoms. The Bertz CT molecular complexity index is 584. The summed E-state index contributed by atoms with van der Waals surface area (Å²) in [6, 6.07) is 0. The van der Waals surface area contributed by atoms with Gasteiger partial charge in [0.05, 0.1) is 5.92 Å². The van der Waals surface area contributed by atoms with Gasteiger partial charge in [0.2, 0.25) is 17.7 Å². The molecule has 1 unspecified atom stereocenters. The Morgan fingerprint density at radius 1 is 1.38 bits per heavy atom. The maximum absolute atomic E-state index is 12.3. The first-order valence-electron chi connectivity index (χ1n) is 8.54. The summed E-state index contributed by atoms with van der Waals surface area (Å²) in [5, 5.41) is 6.85. The first-order chi connectivity index (χ1) is 11.7. The van der Waals surface area contributed by atoms with E-state index in [1.54, 1.807) is 4.90 Å². The summed E-state index contributed by atoms with van der Waals surface area (Å²) >= 11 is 0. The normalized spacial score (nSPS) is 20.9. The van der Waals surface area contributed by atoms with E-state index in [0.717, 1.165) is 31.6 Å². The molecule has 2 heterocycles. The van der Waals surface area contributed by atoms with Gasteiger partial charge in [-0.15, -0.1) is 0 Å². The molecular formula is C16H24N4O4. The van der Waals surface area contributed by atoms with Crippen molar-refractivity contribution in [2.75, 3.05) is 33.4 Å². The third-order valence-corrected chi connectivity index (χ3v) is 4.47. The molecule has 8 nitrogen and oxygen atoms in total. The van der Waals surface area contributed by atoms with Crippen molar-refractivity contribution in [3.63, 3.8) is 0 Å². The molecule has 1 aliphatic heterocycles. The van der Waals surface area contributed by atoms with Gasteiger partial charge >= 0.3 is 0 Å². The number of amides is 2. The van der Waals surface area contributed by atoms with Crippen molar-refractivity contribution in [3.05, 3.63) is 11.7 Å². The monoisotopic (exact) mass is 336 g/mol. The van der Waals surface area contributed by atoms with Gasteiger partial charge in [0.1, 0.15) is 6.61 Å². The van der Waals surface area contributed by atoms with Crippen molar-refractivity contribution in [2.24, 2.45) is 5.92 Å². The fourth-order valence-electron chi connectivity index (χ4n) is 2.94. The molecule has 1 N–H and O–H groups in total. The van der Waals surface area contributed by atoms with Gasteiger partial charge in [-0.3, -0.25) is 9.59 Å². The van der Waals surface area contributed by atoms with E-state index in [0.29, 0.717) is 37.8 Å². The number of methoxy groups -OCH3 is 1.